The van der Waals surface area contributed by atoms with Crippen LogP contribution in [-0.4, -0.2) is 54.9 Å². The number of aliphatic hydroxyl groups is 1. The summed E-state index contributed by atoms with van der Waals surface area (Å²) in [5, 5.41) is 13.1. The van der Waals surface area contributed by atoms with Crippen LogP contribution in [0.25, 0.3) is 0 Å². The monoisotopic (exact) mass is 337 g/mol. The van der Waals surface area contributed by atoms with E-state index >= 15 is 0 Å². The van der Waals surface area contributed by atoms with Crippen LogP contribution in [0.15, 0.2) is 24.3 Å². The van der Waals surface area contributed by atoms with Crippen LogP contribution in [0.2, 0.25) is 5.02 Å². The van der Waals surface area contributed by atoms with E-state index in [1.54, 1.807) is 0 Å². The van der Waals surface area contributed by atoms with Crippen molar-refractivity contribution in [1.82, 2.24) is 10.2 Å². The minimum absolute atomic E-state index is 0.0318. The van der Waals surface area contributed by atoms with E-state index in [2.05, 4.69) is 10.2 Å². The maximum absolute atomic E-state index is 12.4. The first-order valence-corrected chi connectivity index (χ1v) is 8.70. The molecule has 1 aromatic rings. The summed E-state index contributed by atoms with van der Waals surface area (Å²) in [7, 11) is 0. The zero-order valence-electron chi connectivity index (χ0n) is 13.2. The minimum Gasteiger partial charge on any atom is -0.396 e. The number of nitrogens with zero attached hydrogens (tertiary/aromatic N) is 2. The van der Waals surface area contributed by atoms with Crippen LogP contribution < -0.4 is 10.2 Å². The summed E-state index contributed by atoms with van der Waals surface area (Å²) in [5.74, 6) is 0.353. The van der Waals surface area contributed by atoms with Gasteiger partial charge in [0.15, 0.2) is 0 Å². The fraction of sp³-hybridized carbons (Fsp3) is 0.588. The van der Waals surface area contributed by atoms with Gasteiger partial charge in [0.2, 0.25) is 0 Å². The second-order valence-corrected chi connectivity index (χ2v) is 6.91. The lowest BCUT2D eigenvalue weighted by molar-refractivity contribution is 0.136. The van der Waals surface area contributed by atoms with Crippen LogP contribution in [-0.2, 0) is 0 Å². The highest BCUT2D eigenvalue weighted by atomic mass is 35.5. The molecule has 1 aromatic carbocycles. The van der Waals surface area contributed by atoms with E-state index in [4.69, 9.17) is 16.7 Å². The molecule has 2 amide bonds. The molecule has 0 saturated carbocycles. The summed E-state index contributed by atoms with van der Waals surface area (Å²) in [4.78, 5) is 16.5. The van der Waals surface area contributed by atoms with E-state index in [9.17, 15) is 4.79 Å². The van der Waals surface area contributed by atoms with Gasteiger partial charge in [-0.3, -0.25) is 0 Å². The van der Waals surface area contributed by atoms with E-state index in [0.29, 0.717) is 5.92 Å². The third kappa shape index (κ3) is 4.09. The summed E-state index contributed by atoms with van der Waals surface area (Å²) >= 11 is 5.93. The summed E-state index contributed by atoms with van der Waals surface area (Å²) < 4.78 is 0. The van der Waals surface area contributed by atoms with Gasteiger partial charge in [0.1, 0.15) is 0 Å². The number of benzene rings is 1. The fourth-order valence-electron chi connectivity index (χ4n) is 3.35. The Kier molecular flexibility index (Phi) is 5.28. The number of rotatable bonds is 3. The number of aliphatic hydroxyl groups excluding tert-OH is 1. The van der Waals surface area contributed by atoms with Crippen molar-refractivity contribution < 1.29 is 9.90 Å². The maximum atomic E-state index is 12.4. The molecule has 0 bridgehead atoms. The number of carbonyl (C=O) groups is 1. The average Bonchev–Trinajstić information content (AvgIpc) is 3.04. The van der Waals surface area contributed by atoms with Crippen molar-refractivity contribution in [1.29, 1.82) is 0 Å². The highest BCUT2D eigenvalue weighted by Crippen LogP contribution is 2.23. The van der Waals surface area contributed by atoms with Gasteiger partial charge in [0.25, 0.3) is 0 Å². The molecular weight excluding hydrogens is 314 g/mol. The van der Waals surface area contributed by atoms with Gasteiger partial charge in [-0.1, -0.05) is 11.6 Å². The standard InChI is InChI=1S/C17H24ClN3O2/c18-14-1-3-16(4-2-14)21-10-7-15(11-21)19-17(23)20-8-5-13(12-22)6-9-20/h1-4,13,15,22H,5-12H2,(H,19,23). The molecule has 0 aliphatic carbocycles. The molecule has 2 N–H and O–H groups in total. The van der Waals surface area contributed by atoms with Crippen molar-refractivity contribution in [3.8, 4) is 0 Å². The number of nitrogens with one attached hydrogen (secondary N) is 1. The van der Waals surface area contributed by atoms with Gasteiger partial charge >= 0.3 is 6.03 Å². The lowest BCUT2D eigenvalue weighted by atomic mass is 9.98. The quantitative estimate of drug-likeness (QED) is 0.890. The first-order chi connectivity index (χ1) is 11.2. The van der Waals surface area contributed by atoms with Crippen molar-refractivity contribution in [2.75, 3.05) is 37.7 Å². The van der Waals surface area contributed by atoms with Crippen LogP contribution in [0.3, 0.4) is 0 Å². The first-order valence-electron chi connectivity index (χ1n) is 8.32. The predicted molar refractivity (Wildman–Crippen MR) is 92.0 cm³/mol. The molecule has 2 aliphatic rings. The Morgan fingerprint density at radius 2 is 1.87 bits per heavy atom. The summed E-state index contributed by atoms with van der Waals surface area (Å²) in [5.41, 5.74) is 1.15. The van der Waals surface area contributed by atoms with Gasteiger partial charge in [0, 0.05) is 49.5 Å². The molecule has 2 fully saturated rings. The Bertz CT molecular complexity index is 529. The summed E-state index contributed by atoms with van der Waals surface area (Å²) in [6.45, 7) is 3.49. The Morgan fingerprint density at radius 3 is 2.52 bits per heavy atom. The van der Waals surface area contributed by atoms with Crippen molar-refractivity contribution in [2.45, 2.75) is 25.3 Å². The van der Waals surface area contributed by atoms with Gasteiger partial charge in [-0.15, -0.1) is 0 Å². The van der Waals surface area contributed by atoms with E-state index in [1.165, 1.54) is 0 Å². The third-order valence-corrected chi connectivity index (χ3v) is 5.12. The van der Waals surface area contributed by atoms with Crippen LogP contribution in [0.5, 0.6) is 0 Å². The number of carbonyl (C=O) groups excluding carboxylic acids is 1. The zero-order chi connectivity index (χ0) is 16.2. The van der Waals surface area contributed by atoms with Crippen LogP contribution in [0.4, 0.5) is 10.5 Å². The van der Waals surface area contributed by atoms with Crippen molar-refractivity contribution in [3.05, 3.63) is 29.3 Å². The molecule has 0 aromatic heterocycles. The lowest BCUT2D eigenvalue weighted by Gasteiger charge is -2.32. The second-order valence-electron chi connectivity index (χ2n) is 6.47. The van der Waals surface area contributed by atoms with Gasteiger partial charge in [-0.2, -0.15) is 0 Å². The molecule has 2 aliphatic heterocycles. The van der Waals surface area contributed by atoms with E-state index in [-0.39, 0.29) is 18.7 Å². The van der Waals surface area contributed by atoms with Crippen molar-refractivity contribution in [3.63, 3.8) is 0 Å². The highest BCUT2D eigenvalue weighted by molar-refractivity contribution is 6.30. The molecule has 23 heavy (non-hydrogen) atoms. The number of hydrogen-bond donors (Lipinski definition) is 2. The number of likely N-dealkylation sites (tertiary alicyclic amines) is 1. The van der Waals surface area contributed by atoms with Gasteiger partial charge in [-0.05, 0) is 49.4 Å². The van der Waals surface area contributed by atoms with Crippen LogP contribution >= 0.6 is 11.6 Å². The number of halogens is 1. The fourth-order valence-corrected chi connectivity index (χ4v) is 3.48. The Hall–Kier alpha value is -1.46. The number of hydrogen-bond acceptors (Lipinski definition) is 3. The molecule has 2 saturated heterocycles. The molecule has 0 radical (unpaired) electrons. The molecule has 5 nitrogen and oxygen atoms in total. The van der Waals surface area contributed by atoms with Gasteiger partial charge in [0.05, 0.1) is 0 Å². The first kappa shape index (κ1) is 16.4. The van der Waals surface area contributed by atoms with E-state index in [0.717, 1.165) is 56.2 Å². The second kappa shape index (κ2) is 7.41. The third-order valence-electron chi connectivity index (χ3n) is 4.87. The largest absolute Gasteiger partial charge is 0.396 e. The Balaban J connectivity index is 1.48. The van der Waals surface area contributed by atoms with Gasteiger partial charge in [-0.25, -0.2) is 4.79 Å². The van der Waals surface area contributed by atoms with Crippen molar-refractivity contribution >= 4 is 23.3 Å². The smallest absolute Gasteiger partial charge is 0.317 e. The van der Waals surface area contributed by atoms with Crippen molar-refractivity contribution in [2.24, 2.45) is 5.92 Å². The lowest BCUT2D eigenvalue weighted by Crippen LogP contribution is -2.48. The molecule has 2 heterocycles. The predicted octanol–water partition coefficient (Wildman–Crippen LogP) is 2.33. The number of anilines is 1. The molecule has 1 atom stereocenters. The van der Waals surface area contributed by atoms with E-state index < -0.39 is 0 Å². The topological polar surface area (TPSA) is 55.8 Å². The number of amides is 2. The molecule has 3 rings (SSSR count). The van der Waals surface area contributed by atoms with Gasteiger partial charge < -0.3 is 20.2 Å². The van der Waals surface area contributed by atoms with Crippen LogP contribution in [0.1, 0.15) is 19.3 Å². The van der Waals surface area contributed by atoms with Crippen LogP contribution in [0, 0.1) is 5.92 Å². The maximum Gasteiger partial charge on any atom is 0.317 e. The SMILES string of the molecule is O=C(NC1CCN(c2ccc(Cl)cc2)C1)N1CCC(CO)CC1. The number of urea groups is 1. The molecule has 6 heteroatoms. The summed E-state index contributed by atoms with van der Waals surface area (Å²) in [6.07, 6.45) is 2.75. The van der Waals surface area contributed by atoms with E-state index in [1.807, 2.05) is 29.2 Å². The average molecular weight is 338 g/mol. The highest BCUT2D eigenvalue weighted by Gasteiger charge is 2.27. The molecule has 126 valence electrons. The summed E-state index contributed by atoms with van der Waals surface area (Å²) in [6, 6.07) is 8.05. The normalized spacial score (nSPS) is 22.4. The number of piperidine rings is 1. The Morgan fingerprint density at radius 1 is 1.17 bits per heavy atom. The minimum atomic E-state index is 0.0318. The molecule has 0 spiro atoms. The molecular formula is C17H24ClN3O2. The molecule has 1 unspecified atom stereocenters. The zero-order valence-corrected chi connectivity index (χ0v) is 14.0. The Labute approximate surface area is 142 Å².